The predicted octanol–water partition coefficient (Wildman–Crippen LogP) is 2.91. The van der Waals surface area contributed by atoms with Crippen LogP contribution in [0.4, 0.5) is 5.82 Å². The van der Waals surface area contributed by atoms with E-state index in [9.17, 15) is 0 Å². The summed E-state index contributed by atoms with van der Waals surface area (Å²) >= 11 is 0. The number of hydrogen-bond acceptors (Lipinski definition) is 3. The SMILES string of the molecule is CC1CN(CCc2ccccc2)c2ncccc2O1. The largest absolute Gasteiger partial charge is 0.485 e. The minimum atomic E-state index is 0.215. The topological polar surface area (TPSA) is 25.4 Å². The molecule has 1 aromatic heterocycles. The molecule has 2 aromatic rings. The minimum absolute atomic E-state index is 0.215. The Balaban J connectivity index is 1.74. The first kappa shape index (κ1) is 12.0. The Labute approximate surface area is 113 Å². The zero-order chi connectivity index (χ0) is 13.1. The number of nitrogens with zero attached hydrogens (tertiary/aromatic N) is 2. The molecule has 0 aliphatic carbocycles. The fourth-order valence-corrected chi connectivity index (χ4v) is 2.47. The molecule has 1 aromatic carbocycles. The Morgan fingerprint density at radius 2 is 2.05 bits per heavy atom. The van der Waals surface area contributed by atoms with E-state index in [1.807, 2.05) is 18.3 Å². The van der Waals surface area contributed by atoms with Crippen molar-refractivity contribution >= 4 is 5.82 Å². The fourth-order valence-electron chi connectivity index (χ4n) is 2.47. The molecule has 1 atom stereocenters. The molecule has 1 aliphatic heterocycles. The van der Waals surface area contributed by atoms with E-state index in [0.29, 0.717) is 0 Å². The number of pyridine rings is 1. The minimum Gasteiger partial charge on any atom is -0.485 e. The monoisotopic (exact) mass is 254 g/mol. The van der Waals surface area contributed by atoms with E-state index in [0.717, 1.165) is 31.1 Å². The smallest absolute Gasteiger partial charge is 0.171 e. The van der Waals surface area contributed by atoms with E-state index in [4.69, 9.17) is 4.74 Å². The number of aromatic nitrogens is 1. The maximum atomic E-state index is 5.81. The molecule has 0 radical (unpaired) electrons. The summed E-state index contributed by atoms with van der Waals surface area (Å²) in [6.45, 7) is 3.98. The van der Waals surface area contributed by atoms with E-state index in [-0.39, 0.29) is 6.10 Å². The molecule has 0 saturated carbocycles. The second kappa shape index (κ2) is 5.31. The lowest BCUT2D eigenvalue weighted by Gasteiger charge is -2.33. The Hall–Kier alpha value is -2.03. The molecular formula is C16H18N2O. The highest BCUT2D eigenvalue weighted by molar-refractivity contribution is 5.54. The standard InChI is InChI=1S/C16H18N2O/c1-13-12-18(11-9-14-6-3-2-4-7-14)16-15(19-13)8-5-10-17-16/h2-8,10,13H,9,11-12H2,1H3. The highest BCUT2D eigenvalue weighted by atomic mass is 16.5. The fraction of sp³-hybridized carbons (Fsp3) is 0.312. The number of rotatable bonds is 3. The van der Waals surface area contributed by atoms with Crippen molar-refractivity contribution in [2.24, 2.45) is 0 Å². The molecule has 2 heterocycles. The first-order valence-electron chi connectivity index (χ1n) is 6.73. The third kappa shape index (κ3) is 2.70. The number of fused-ring (bicyclic) bond motifs is 1. The van der Waals surface area contributed by atoms with Crippen molar-refractivity contribution in [3.63, 3.8) is 0 Å². The van der Waals surface area contributed by atoms with Gasteiger partial charge in [-0.1, -0.05) is 30.3 Å². The van der Waals surface area contributed by atoms with Crippen molar-refractivity contribution in [3.05, 3.63) is 54.2 Å². The number of ether oxygens (including phenoxy) is 1. The van der Waals surface area contributed by atoms with Crippen LogP contribution in [-0.4, -0.2) is 24.2 Å². The summed E-state index contributed by atoms with van der Waals surface area (Å²) in [4.78, 5) is 6.76. The second-order valence-electron chi connectivity index (χ2n) is 4.94. The van der Waals surface area contributed by atoms with Gasteiger partial charge >= 0.3 is 0 Å². The quantitative estimate of drug-likeness (QED) is 0.842. The van der Waals surface area contributed by atoms with Gasteiger partial charge in [0.1, 0.15) is 6.10 Å². The van der Waals surface area contributed by atoms with E-state index < -0.39 is 0 Å². The average molecular weight is 254 g/mol. The summed E-state index contributed by atoms with van der Waals surface area (Å²) in [7, 11) is 0. The second-order valence-corrected chi connectivity index (χ2v) is 4.94. The maximum absolute atomic E-state index is 5.81. The van der Waals surface area contributed by atoms with E-state index in [1.165, 1.54) is 5.56 Å². The van der Waals surface area contributed by atoms with Gasteiger partial charge in [0.15, 0.2) is 11.6 Å². The molecule has 3 nitrogen and oxygen atoms in total. The molecule has 0 fully saturated rings. The van der Waals surface area contributed by atoms with Crippen LogP contribution in [0.15, 0.2) is 48.7 Å². The molecule has 3 rings (SSSR count). The summed E-state index contributed by atoms with van der Waals surface area (Å²) < 4.78 is 5.81. The Bertz CT molecular complexity index is 541. The van der Waals surface area contributed by atoms with Crippen LogP contribution in [0.3, 0.4) is 0 Å². The molecule has 1 unspecified atom stereocenters. The Morgan fingerprint density at radius 3 is 2.89 bits per heavy atom. The van der Waals surface area contributed by atoms with E-state index >= 15 is 0 Å². The van der Waals surface area contributed by atoms with Crippen LogP contribution in [-0.2, 0) is 6.42 Å². The first-order valence-corrected chi connectivity index (χ1v) is 6.73. The maximum Gasteiger partial charge on any atom is 0.171 e. The summed E-state index contributed by atoms with van der Waals surface area (Å²) in [5, 5.41) is 0. The van der Waals surface area contributed by atoms with Gasteiger partial charge in [0.2, 0.25) is 0 Å². The zero-order valence-electron chi connectivity index (χ0n) is 11.1. The highest BCUT2D eigenvalue weighted by Crippen LogP contribution is 2.30. The Kier molecular flexibility index (Phi) is 3.36. The van der Waals surface area contributed by atoms with E-state index in [2.05, 4.69) is 47.1 Å². The Morgan fingerprint density at radius 1 is 1.21 bits per heavy atom. The molecule has 98 valence electrons. The number of benzene rings is 1. The van der Waals surface area contributed by atoms with Gasteiger partial charge in [0.25, 0.3) is 0 Å². The molecule has 0 saturated heterocycles. The zero-order valence-corrected chi connectivity index (χ0v) is 11.1. The average Bonchev–Trinajstić information content (AvgIpc) is 2.45. The third-order valence-corrected chi connectivity index (χ3v) is 3.37. The normalized spacial score (nSPS) is 17.7. The molecule has 0 amide bonds. The van der Waals surface area contributed by atoms with E-state index in [1.54, 1.807) is 0 Å². The summed E-state index contributed by atoms with van der Waals surface area (Å²) in [6.07, 6.45) is 3.07. The molecule has 0 spiro atoms. The van der Waals surface area contributed by atoms with Crippen molar-refractivity contribution < 1.29 is 4.74 Å². The van der Waals surface area contributed by atoms with Crippen molar-refractivity contribution in [2.45, 2.75) is 19.4 Å². The molecule has 0 N–H and O–H groups in total. The summed E-state index contributed by atoms with van der Waals surface area (Å²) in [5.74, 6) is 1.87. The summed E-state index contributed by atoms with van der Waals surface area (Å²) in [5.41, 5.74) is 1.36. The third-order valence-electron chi connectivity index (χ3n) is 3.37. The van der Waals surface area contributed by atoms with Crippen LogP contribution in [0.2, 0.25) is 0 Å². The molecule has 1 aliphatic rings. The van der Waals surface area contributed by atoms with Crippen LogP contribution in [0.1, 0.15) is 12.5 Å². The lowest BCUT2D eigenvalue weighted by Crippen LogP contribution is -2.40. The predicted molar refractivity (Wildman–Crippen MR) is 76.7 cm³/mol. The van der Waals surface area contributed by atoms with Crippen molar-refractivity contribution in [3.8, 4) is 5.75 Å². The van der Waals surface area contributed by atoms with Crippen molar-refractivity contribution in [1.82, 2.24) is 4.98 Å². The van der Waals surface area contributed by atoms with Crippen molar-refractivity contribution in [2.75, 3.05) is 18.0 Å². The van der Waals surface area contributed by atoms with Gasteiger partial charge in [-0.25, -0.2) is 4.98 Å². The van der Waals surface area contributed by atoms with Crippen LogP contribution in [0.5, 0.6) is 5.75 Å². The first-order chi connectivity index (χ1) is 9.33. The van der Waals surface area contributed by atoms with Gasteiger partial charge in [0.05, 0.1) is 6.54 Å². The molecule has 3 heteroatoms. The van der Waals surface area contributed by atoms with Crippen LogP contribution in [0.25, 0.3) is 0 Å². The van der Waals surface area contributed by atoms with Crippen molar-refractivity contribution in [1.29, 1.82) is 0 Å². The van der Waals surface area contributed by atoms with Crippen LogP contribution < -0.4 is 9.64 Å². The van der Waals surface area contributed by atoms with Gasteiger partial charge in [-0.15, -0.1) is 0 Å². The molecule has 0 bridgehead atoms. The number of anilines is 1. The molecule has 19 heavy (non-hydrogen) atoms. The van der Waals surface area contributed by atoms with Crippen LogP contribution in [0, 0.1) is 0 Å². The number of hydrogen-bond donors (Lipinski definition) is 0. The summed E-state index contributed by atoms with van der Waals surface area (Å²) in [6, 6.07) is 14.5. The van der Waals surface area contributed by atoms with Gasteiger partial charge in [-0.3, -0.25) is 0 Å². The molecular weight excluding hydrogens is 236 g/mol. The lowest BCUT2D eigenvalue weighted by molar-refractivity contribution is 0.211. The van der Waals surface area contributed by atoms with Gasteiger partial charge in [-0.2, -0.15) is 0 Å². The highest BCUT2D eigenvalue weighted by Gasteiger charge is 2.23. The van der Waals surface area contributed by atoms with Gasteiger partial charge in [-0.05, 0) is 31.0 Å². The van der Waals surface area contributed by atoms with Gasteiger partial charge in [0, 0.05) is 12.7 Å². The van der Waals surface area contributed by atoms with Crippen LogP contribution >= 0.6 is 0 Å². The lowest BCUT2D eigenvalue weighted by atomic mass is 10.1. The van der Waals surface area contributed by atoms with Gasteiger partial charge < -0.3 is 9.64 Å².